The Kier molecular flexibility index (Phi) is 7.39. The van der Waals surface area contributed by atoms with Crippen molar-refractivity contribution in [2.45, 2.75) is 0 Å². The molecule has 2 aromatic rings. The van der Waals surface area contributed by atoms with Gasteiger partial charge >= 0.3 is 0 Å². The van der Waals surface area contributed by atoms with Crippen LogP contribution in [0.1, 0.15) is 15.9 Å². The van der Waals surface area contributed by atoms with Crippen molar-refractivity contribution < 1.29 is 23.7 Å². The van der Waals surface area contributed by atoms with Crippen LogP contribution < -0.4 is 29.6 Å². The molecule has 8 heteroatoms. The van der Waals surface area contributed by atoms with Crippen molar-refractivity contribution in [1.29, 1.82) is 0 Å². The van der Waals surface area contributed by atoms with Gasteiger partial charge in [-0.15, -0.1) is 0 Å². The number of nitrogens with two attached hydrogens (primary N) is 1. The largest absolute Gasteiger partial charge is 0.493 e. The van der Waals surface area contributed by atoms with E-state index in [1.165, 1.54) is 28.4 Å². The summed E-state index contributed by atoms with van der Waals surface area (Å²) in [6.45, 7) is 0. The van der Waals surface area contributed by atoms with E-state index in [-0.39, 0.29) is 5.78 Å². The van der Waals surface area contributed by atoms with Crippen LogP contribution in [0.2, 0.25) is 0 Å². The number of benzene rings is 2. The molecule has 0 unspecified atom stereocenters. The molecule has 156 valence electrons. The third-order valence-electron chi connectivity index (χ3n) is 4.29. The van der Waals surface area contributed by atoms with E-state index >= 15 is 0 Å². The molecule has 29 heavy (non-hydrogen) atoms. The summed E-state index contributed by atoms with van der Waals surface area (Å²) in [5, 5.41) is 0. The molecule has 7 nitrogen and oxygen atoms in total. The number of hydrogen-bond acceptors (Lipinski definition) is 7. The summed E-state index contributed by atoms with van der Waals surface area (Å²) in [6, 6.07) is 6.86. The van der Waals surface area contributed by atoms with Crippen LogP contribution in [0, 0.1) is 0 Å². The van der Waals surface area contributed by atoms with Gasteiger partial charge in [0, 0.05) is 25.2 Å². The van der Waals surface area contributed by atoms with Gasteiger partial charge in [0.1, 0.15) is 0 Å². The summed E-state index contributed by atoms with van der Waals surface area (Å²) in [7, 11) is 9.79. The van der Waals surface area contributed by atoms with Gasteiger partial charge in [-0.25, -0.2) is 0 Å². The quantitative estimate of drug-likeness (QED) is 0.359. The molecule has 0 amide bonds. The first-order valence-corrected chi connectivity index (χ1v) is 9.44. The molecule has 2 N–H and O–H groups in total. The first-order chi connectivity index (χ1) is 13.8. The van der Waals surface area contributed by atoms with Crippen LogP contribution in [0.4, 0.5) is 11.4 Å². The Balaban J connectivity index is 2.56. The van der Waals surface area contributed by atoms with E-state index in [4.69, 9.17) is 24.7 Å². The van der Waals surface area contributed by atoms with Crippen LogP contribution in [0.25, 0.3) is 6.08 Å². The predicted octanol–water partition coefficient (Wildman–Crippen LogP) is 3.99. The number of nitrogen functional groups attached to an aromatic ring is 1. The number of hydrogen-bond donors (Lipinski definition) is 1. The SMILES string of the molecule is COc1cc(C=C(Br)C(=O)c2ccc(N)c(N(C)C)c2)c(OC)c(OC)c1OC. The number of ketones is 1. The minimum absolute atomic E-state index is 0.205. The van der Waals surface area contributed by atoms with Crippen molar-refractivity contribution in [3.05, 3.63) is 39.9 Å². The summed E-state index contributed by atoms with van der Waals surface area (Å²) in [5.74, 6) is 1.44. The van der Waals surface area contributed by atoms with Crippen molar-refractivity contribution in [3.63, 3.8) is 0 Å². The first kappa shape index (κ1) is 22.4. The van der Waals surface area contributed by atoms with Crippen molar-refractivity contribution in [2.75, 3.05) is 53.2 Å². The Morgan fingerprint density at radius 2 is 1.59 bits per heavy atom. The molecule has 0 saturated heterocycles. The number of carbonyl (C=O) groups excluding carboxylic acids is 1. The molecule has 0 atom stereocenters. The van der Waals surface area contributed by atoms with Crippen LogP contribution in [0.3, 0.4) is 0 Å². The Labute approximate surface area is 179 Å². The molecular weight excluding hydrogens is 440 g/mol. The van der Waals surface area contributed by atoms with E-state index in [2.05, 4.69) is 15.9 Å². The minimum atomic E-state index is -0.205. The van der Waals surface area contributed by atoms with Gasteiger partial charge in [0.2, 0.25) is 11.5 Å². The van der Waals surface area contributed by atoms with Crippen molar-refractivity contribution >= 4 is 39.2 Å². The van der Waals surface area contributed by atoms with Crippen molar-refractivity contribution in [1.82, 2.24) is 0 Å². The van der Waals surface area contributed by atoms with Gasteiger partial charge in [-0.3, -0.25) is 4.79 Å². The third kappa shape index (κ3) is 4.59. The number of methoxy groups -OCH3 is 4. The number of rotatable bonds is 8. The normalized spacial score (nSPS) is 11.1. The highest BCUT2D eigenvalue weighted by Crippen LogP contribution is 2.47. The average Bonchev–Trinajstić information content (AvgIpc) is 2.71. The highest BCUT2D eigenvalue weighted by Gasteiger charge is 2.22. The molecule has 0 heterocycles. The fourth-order valence-electron chi connectivity index (χ4n) is 2.88. The molecule has 0 aliphatic heterocycles. The van der Waals surface area contributed by atoms with Gasteiger partial charge in [0.05, 0.1) is 44.3 Å². The van der Waals surface area contributed by atoms with Crippen LogP contribution >= 0.6 is 15.9 Å². The second-order valence-electron chi connectivity index (χ2n) is 6.26. The highest BCUT2D eigenvalue weighted by atomic mass is 79.9. The highest BCUT2D eigenvalue weighted by molar-refractivity contribution is 9.12. The van der Waals surface area contributed by atoms with E-state index in [1.54, 1.807) is 30.3 Å². The van der Waals surface area contributed by atoms with Gasteiger partial charge in [-0.2, -0.15) is 0 Å². The monoisotopic (exact) mass is 464 g/mol. The Morgan fingerprint density at radius 1 is 0.966 bits per heavy atom. The molecule has 0 aliphatic rings. The van der Waals surface area contributed by atoms with Gasteiger partial charge < -0.3 is 29.6 Å². The summed E-state index contributed by atoms with van der Waals surface area (Å²) >= 11 is 3.39. The number of allylic oxidation sites excluding steroid dienone is 1. The van der Waals surface area contributed by atoms with Crippen LogP contribution in [-0.4, -0.2) is 48.3 Å². The van der Waals surface area contributed by atoms with E-state index in [1.807, 2.05) is 19.0 Å². The van der Waals surface area contributed by atoms with E-state index in [9.17, 15) is 4.79 Å². The van der Waals surface area contributed by atoms with Crippen LogP contribution in [-0.2, 0) is 0 Å². The van der Waals surface area contributed by atoms with Crippen LogP contribution in [0.5, 0.6) is 23.0 Å². The second kappa shape index (κ2) is 9.56. The fourth-order valence-corrected chi connectivity index (χ4v) is 3.35. The van der Waals surface area contributed by atoms with Crippen molar-refractivity contribution in [2.24, 2.45) is 0 Å². The number of carbonyl (C=O) groups is 1. The molecule has 0 spiro atoms. The summed E-state index contributed by atoms with van der Waals surface area (Å²) in [4.78, 5) is 14.8. The van der Waals surface area contributed by atoms with E-state index in [0.29, 0.717) is 44.3 Å². The number of anilines is 2. The zero-order valence-electron chi connectivity index (χ0n) is 17.3. The lowest BCUT2D eigenvalue weighted by molar-refractivity contribution is 0.104. The number of Topliss-reactive ketones (excluding diaryl/α,β-unsaturated/α-hetero) is 1. The maximum Gasteiger partial charge on any atom is 0.207 e. The van der Waals surface area contributed by atoms with Crippen LogP contribution in [0.15, 0.2) is 28.7 Å². The maximum absolute atomic E-state index is 13.0. The molecule has 0 bridgehead atoms. The first-order valence-electron chi connectivity index (χ1n) is 8.64. The Morgan fingerprint density at radius 3 is 2.10 bits per heavy atom. The fraction of sp³-hybridized carbons (Fsp3) is 0.286. The average molecular weight is 465 g/mol. The molecular formula is C21H25BrN2O5. The van der Waals surface area contributed by atoms with Crippen molar-refractivity contribution in [3.8, 4) is 23.0 Å². The summed E-state index contributed by atoms with van der Waals surface area (Å²) in [5.41, 5.74) is 8.43. The smallest absolute Gasteiger partial charge is 0.207 e. The Hall–Kier alpha value is -2.87. The molecule has 0 saturated carbocycles. The molecule has 0 fully saturated rings. The molecule has 0 radical (unpaired) electrons. The third-order valence-corrected chi connectivity index (χ3v) is 4.88. The topological polar surface area (TPSA) is 83.3 Å². The lowest BCUT2D eigenvalue weighted by Gasteiger charge is -2.18. The lowest BCUT2D eigenvalue weighted by atomic mass is 10.1. The molecule has 0 aliphatic carbocycles. The number of halogens is 1. The zero-order chi connectivity index (χ0) is 21.7. The number of nitrogens with zero attached hydrogens (tertiary/aromatic N) is 1. The van der Waals surface area contributed by atoms with E-state index < -0.39 is 0 Å². The maximum atomic E-state index is 13.0. The second-order valence-corrected chi connectivity index (χ2v) is 7.11. The zero-order valence-corrected chi connectivity index (χ0v) is 18.9. The summed E-state index contributed by atoms with van der Waals surface area (Å²) < 4.78 is 22.0. The molecule has 2 aromatic carbocycles. The van der Waals surface area contributed by atoms with Gasteiger partial charge in [-0.05, 0) is 46.3 Å². The molecule has 2 rings (SSSR count). The standard InChI is InChI=1S/C21H25BrN2O5/c1-24(2)16-10-12(7-8-15(16)23)18(25)14(22)9-13-11-17(26-3)20(28-5)21(29-6)19(13)27-4/h7-11H,23H2,1-6H3. The minimum Gasteiger partial charge on any atom is -0.493 e. The molecule has 0 aromatic heterocycles. The summed E-state index contributed by atoms with van der Waals surface area (Å²) in [6.07, 6.45) is 1.65. The Bertz CT molecular complexity index is 941. The van der Waals surface area contributed by atoms with Gasteiger partial charge in [0.25, 0.3) is 0 Å². The predicted molar refractivity (Wildman–Crippen MR) is 119 cm³/mol. The lowest BCUT2D eigenvalue weighted by Crippen LogP contribution is -2.12. The van der Waals surface area contributed by atoms with Gasteiger partial charge in [0.15, 0.2) is 17.3 Å². The number of ether oxygens (including phenoxy) is 4. The van der Waals surface area contributed by atoms with Gasteiger partial charge in [-0.1, -0.05) is 0 Å². The van der Waals surface area contributed by atoms with E-state index in [0.717, 1.165) is 5.69 Å².